The first-order valence-corrected chi connectivity index (χ1v) is 26.7. The van der Waals surface area contributed by atoms with Gasteiger partial charge in [-0.3, -0.25) is 4.79 Å². The summed E-state index contributed by atoms with van der Waals surface area (Å²) < 4.78 is 22.6. The molecule has 2 heterocycles. The number of carbonyl (C=O) groups excluding carboxylic acids is 1. The van der Waals surface area contributed by atoms with Gasteiger partial charge in [0.1, 0.15) is 48.8 Å². The first-order valence-electron chi connectivity index (χ1n) is 26.7. The minimum absolute atomic E-state index is 0.215. The maximum atomic E-state index is 13.1. The van der Waals surface area contributed by atoms with Crippen molar-refractivity contribution in [3.05, 3.63) is 36.5 Å². The van der Waals surface area contributed by atoms with Crippen LogP contribution in [0.5, 0.6) is 0 Å². The lowest BCUT2D eigenvalue weighted by Crippen LogP contribution is -2.65. The van der Waals surface area contributed by atoms with Gasteiger partial charge >= 0.3 is 0 Å². The summed E-state index contributed by atoms with van der Waals surface area (Å²) in [6.07, 6.45) is 29.2. The molecule has 0 radical (unpaired) electrons. The summed E-state index contributed by atoms with van der Waals surface area (Å²) in [6, 6.07) is -0.826. The van der Waals surface area contributed by atoms with Crippen LogP contribution in [-0.2, 0) is 23.7 Å². The molecule has 9 N–H and O–H groups in total. The van der Waals surface area contributed by atoms with Crippen molar-refractivity contribution in [3.8, 4) is 0 Å². The number of rotatable bonds is 41. The summed E-state index contributed by atoms with van der Waals surface area (Å²) >= 11 is 0. The molecule has 0 aromatic heterocycles. The van der Waals surface area contributed by atoms with Gasteiger partial charge in [0.15, 0.2) is 12.6 Å². The Hall–Kier alpha value is -1.79. The third-order valence-electron chi connectivity index (χ3n) is 13.1. The Bertz CT molecular complexity index is 1270. The van der Waals surface area contributed by atoms with E-state index in [9.17, 15) is 45.6 Å². The Labute approximate surface area is 404 Å². The molecule has 12 atom stereocenters. The molecule has 12 unspecified atom stereocenters. The summed E-state index contributed by atoms with van der Waals surface area (Å²) in [5.41, 5.74) is 0. The van der Waals surface area contributed by atoms with Crippen LogP contribution in [0.25, 0.3) is 0 Å². The van der Waals surface area contributed by atoms with Gasteiger partial charge in [-0.1, -0.05) is 179 Å². The van der Waals surface area contributed by atoms with Gasteiger partial charge in [-0.15, -0.1) is 0 Å². The van der Waals surface area contributed by atoms with E-state index >= 15 is 0 Å². The third kappa shape index (κ3) is 26.8. The number of ether oxygens (including phenoxy) is 4. The first kappa shape index (κ1) is 61.3. The lowest BCUT2D eigenvalue weighted by molar-refractivity contribution is -0.359. The molecule has 14 heteroatoms. The second-order valence-electron chi connectivity index (χ2n) is 19.0. The first-order chi connectivity index (χ1) is 32.6. The molecule has 2 rings (SSSR count). The molecule has 2 aliphatic rings. The highest BCUT2D eigenvalue weighted by molar-refractivity contribution is 5.76. The van der Waals surface area contributed by atoms with E-state index in [1.165, 1.54) is 96.3 Å². The van der Waals surface area contributed by atoms with Gasteiger partial charge in [0, 0.05) is 6.42 Å². The van der Waals surface area contributed by atoms with Crippen LogP contribution in [0.1, 0.15) is 200 Å². The number of carbonyl (C=O) groups is 1. The highest BCUT2D eigenvalue weighted by Gasteiger charge is 2.51. The highest BCUT2D eigenvalue weighted by Crippen LogP contribution is 2.30. The van der Waals surface area contributed by atoms with Crippen molar-refractivity contribution in [2.75, 3.05) is 19.8 Å². The smallest absolute Gasteiger partial charge is 0.220 e. The Morgan fingerprint density at radius 1 is 0.537 bits per heavy atom. The van der Waals surface area contributed by atoms with Gasteiger partial charge < -0.3 is 65.1 Å². The topological polar surface area (TPSA) is 228 Å². The number of aliphatic hydroxyl groups excluding tert-OH is 8. The van der Waals surface area contributed by atoms with Crippen molar-refractivity contribution in [1.29, 1.82) is 0 Å². The molecule has 67 heavy (non-hydrogen) atoms. The van der Waals surface area contributed by atoms with E-state index in [-0.39, 0.29) is 12.5 Å². The molecule has 2 saturated heterocycles. The van der Waals surface area contributed by atoms with Crippen molar-refractivity contribution in [2.24, 2.45) is 0 Å². The quantitative estimate of drug-likeness (QED) is 0.0214. The van der Waals surface area contributed by atoms with Gasteiger partial charge in [-0.05, 0) is 51.4 Å². The summed E-state index contributed by atoms with van der Waals surface area (Å²) in [4.78, 5) is 13.1. The molecule has 1 amide bonds. The molecule has 392 valence electrons. The number of hydrogen-bond acceptors (Lipinski definition) is 13. The maximum absolute atomic E-state index is 13.1. The minimum Gasteiger partial charge on any atom is -0.394 e. The largest absolute Gasteiger partial charge is 0.394 e. The number of hydrogen-bond donors (Lipinski definition) is 9. The Morgan fingerprint density at radius 3 is 1.51 bits per heavy atom. The SMILES string of the molecule is CCCCCCC/C=C\C/C=C\C/C=C\CCCCCCCCCCCCCCC(=O)NC(COC1OC(CO)C(OC2OC(CO)C(O)C(O)C2O)C(O)C1O)C(O)CCCCCCCC. The molecule has 0 spiro atoms. The van der Waals surface area contributed by atoms with Crippen molar-refractivity contribution < 1.29 is 64.6 Å². The van der Waals surface area contributed by atoms with Crippen LogP contribution < -0.4 is 5.32 Å². The molecule has 0 saturated carbocycles. The second-order valence-corrected chi connectivity index (χ2v) is 19.0. The Morgan fingerprint density at radius 2 is 0.985 bits per heavy atom. The lowest BCUT2D eigenvalue weighted by atomic mass is 9.97. The standard InChI is InChI=1S/C53H97NO13/c1-3-5-7-9-11-12-13-14-15-16-17-18-19-20-21-22-23-24-25-26-27-28-29-30-31-33-35-37-45(58)54-41(42(57)36-34-32-10-8-6-4-2)40-64-52-50(63)48(61)51(44(39-56)66-52)67-53-49(62)47(60)46(59)43(38-55)65-53/h13-14,16-17,19-20,41-44,46-53,55-57,59-63H,3-12,15,18,21-40H2,1-2H3,(H,54,58)/b14-13-,17-16-,20-19-. The van der Waals surface area contributed by atoms with Crippen LogP contribution >= 0.6 is 0 Å². The zero-order valence-corrected chi connectivity index (χ0v) is 41.6. The molecule has 0 aromatic carbocycles. The molecule has 0 aromatic rings. The third-order valence-corrected chi connectivity index (χ3v) is 13.1. The highest BCUT2D eigenvalue weighted by atomic mass is 16.7. The average molecular weight is 956 g/mol. The van der Waals surface area contributed by atoms with Crippen LogP contribution in [-0.4, -0.2) is 140 Å². The summed E-state index contributed by atoms with van der Waals surface area (Å²) in [6.45, 7) is 2.76. The lowest BCUT2D eigenvalue weighted by Gasteiger charge is -2.46. The predicted octanol–water partition coefficient (Wildman–Crippen LogP) is 7.49. The predicted molar refractivity (Wildman–Crippen MR) is 263 cm³/mol. The molecular weight excluding hydrogens is 859 g/mol. The molecule has 2 fully saturated rings. The van der Waals surface area contributed by atoms with E-state index in [4.69, 9.17) is 18.9 Å². The maximum Gasteiger partial charge on any atom is 0.220 e. The van der Waals surface area contributed by atoms with Crippen LogP contribution in [0.2, 0.25) is 0 Å². The molecule has 0 bridgehead atoms. The molecule has 14 nitrogen and oxygen atoms in total. The van der Waals surface area contributed by atoms with Gasteiger partial charge in [0.05, 0.1) is 32.0 Å². The van der Waals surface area contributed by atoms with Gasteiger partial charge in [0.25, 0.3) is 0 Å². The van der Waals surface area contributed by atoms with Gasteiger partial charge in [-0.25, -0.2) is 0 Å². The second kappa shape index (κ2) is 39.9. The fourth-order valence-electron chi connectivity index (χ4n) is 8.71. The summed E-state index contributed by atoms with van der Waals surface area (Å²) in [5.74, 6) is -0.215. The fourth-order valence-corrected chi connectivity index (χ4v) is 8.71. The van der Waals surface area contributed by atoms with Gasteiger partial charge in [-0.2, -0.15) is 0 Å². The fraction of sp³-hybridized carbons (Fsp3) is 0.868. The number of amides is 1. The van der Waals surface area contributed by atoms with Crippen LogP contribution in [0, 0.1) is 0 Å². The average Bonchev–Trinajstić information content (AvgIpc) is 3.32. The van der Waals surface area contributed by atoms with Crippen LogP contribution in [0.4, 0.5) is 0 Å². The van der Waals surface area contributed by atoms with E-state index in [2.05, 4.69) is 55.6 Å². The molecule has 2 aliphatic heterocycles. The van der Waals surface area contributed by atoms with Gasteiger partial charge in [0.2, 0.25) is 5.91 Å². The number of nitrogens with one attached hydrogen (secondary N) is 1. The van der Waals surface area contributed by atoms with Crippen LogP contribution in [0.15, 0.2) is 36.5 Å². The zero-order chi connectivity index (χ0) is 48.9. The zero-order valence-electron chi connectivity index (χ0n) is 41.6. The molecule has 0 aliphatic carbocycles. The van der Waals surface area contributed by atoms with Crippen LogP contribution in [0.3, 0.4) is 0 Å². The summed E-state index contributed by atoms with van der Waals surface area (Å²) in [5, 5.41) is 86.5. The number of allylic oxidation sites excluding steroid dienone is 6. The van der Waals surface area contributed by atoms with E-state index in [1.807, 2.05) is 0 Å². The van der Waals surface area contributed by atoms with E-state index in [1.54, 1.807) is 0 Å². The summed E-state index contributed by atoms with van der Waals surface area (Å²) in [7, 11) is 0. The molecular formula is C53H97NO13. The van der Waals surface area contributed by atoms with Crippen molar-refractivity contribution >= 4 is 5.91 Å². The van der Waals surface area contributed by atoms with E-state index < -0.39 is 86.8 Å². The van der Waals surface area contributed by atoms with E-state index in [0.717, 1.165) is 77.0 Å². The monoisotopic (exact) mass is 956 g/mol. The van der Waals surface area contributed by atoms with Crippen molar-refractivity contribution in [2.45, 2.75) is 274 Å². The van der Waals surface area contributed by atoms with E-state index in [0.29, 0.717) is 12.8 Å². The Balaban J connectivity index is 1.64. The number of aliphatic hydroxyl groups is 8. The van der Waals surface area contributed by atoms with Crippen molar-refractivity contribution in [3.63, 3.8) is 0 Å². The number of unbranched alkanes of at least 4 members (excludes halogenated alkanes) is 22. The van der Waals surface area contributed by atoms with Crippen molar-refractivity contribution in [1.82, 2.24) is 5.32 Å². The normalized spacial score (nSPS) is 26.8. The minimum atomic E-state index is -1.78. The Kier molecular flexibility index (Phi) is 36.5.